The van der Waals surface area contributed by atoms with Crippen LogP contribution in [0.4, 0.5) is 5.69 Å². The lowest BCUT2D eigenvalue weighted by molar-refractivity contribution is -0.117. The molecule has 4 rings (SSSR count). The number of amides is 1. The smallest absolute Gasteiger partial charge is 0.338 e. The Balaban J connectivity index is 1.84. The van der Waals surface area contributed by atoms with Crippen molar-refractivity contribution in [1.82, 2.24) is 0 Å². The van der Waals surface area contributed by atoms with Gasteiger partial charge in [-0.2, -0.15) is 0 Å². The van der Waals surface area contributed by atoms with E-state index in [-0.39, 0.29) is 22.0 Å². The number of esters is 1. The van der Waals surface area contributed by atoms with Crippen LogP contribution in [0.2, 0.25) is 0 Å². The third-order valence-corrected chi connectivity index (χ3v) is 7.16. The maximum Gasteiger partial charge on any atom is 0.338 e. The number of aliphatic hydroxyl groups is 1. The first-order chi connectivity index (χ1) is 15.9. The van der Waals surface area contributed by atoms with Gasteiger partial charge in [-0.15, -0.1) is 0 Å². The Kier molecular flexibility index (Phi) is 6.02. The maximum atomic E-state index is 13.5. The molecule has 1 amide bonds. The Morgan fingerprint density at radius 3 is 2.09 bits per heavy atom. The van der Waals surface area contributed by atoms with Crippen molar-refractivity contribution in [2.45, 2.75) is 17.9 Å². The average Bonchev–Trinajstić information content (AvgIpc) is 3.11. The zero-order valence-electron chi connectivity index (χ0n) is 17.7. The van der Waals surface area contributed by atoms with E-state index in [1.54, 1.807) is 55.5 Å². The van der Waals surface area contributed by atoms with Gasteiger partial charge < -0.3 is 9.84 Å². The SMILES string of the molecule is CCOC(=O)c1ccc(N2C(=O)C(O)=C(S(=O)(=O)c3ccccc3)[C@H]2c2ccccc2)cc1. The molecule has 1 N–H and O–H groups in total. The molecular formula is C25H21NO6S. The average molecular weight is 464 g/mol. The van der Waals surface area contributed by atoms with Gasteiger partial charge in [-0.25, -0.2) is 13.2 Å². The summed E-state index contributed by atoms with van der Waals surface area (Å²) < 4.78 is 32.0. The number of benzene rings is 3. The summed E-state index contributed by atoms with van der Waals surface area (Å²) in [6, 6.07) is 21.2. The molecule has 0 fully saturated rings. The van der Waals surface area contributed by atoms with Crippen LogP contribution >= 0.6 is 0 Å². The lowest BCUT2D eigenvalue weighted by Crippen LogP contribution is -2.31. The quantitative estimate of drug-likeness (QED) is 0.550. The van der Waals surface area contributed by atoms with Crippen LogP contribution in [0, 0.1) is 0 Å². The Morgan fingerprint density at radius 1 is 0.939 bits per heavy atom. The van der Waals surface area contributed by atoms with Crippen molar-refractivity contribution in [1.29, 1.82) is 0 Å². The molecule has 1 atom stereocenters. The van der Waals surface area contributed by atoms with E-state index in [0.29, 0.717) is 11.3 Å². The Labute approximate surface area is 191 Å². The number of hydrogen-bond acceptors (Lipinski definition) is 6. The summed E-state index contributed by atoms with van der Waals surface area (Å²) in [6.45, 7) is 1.92. The number of ether oxygens (including phenoxy) is 1. The minimum atomic E-state index is -4.19. The Bertz CT molecular complexity index is 1320. The minimum absolute atomic E-state index is 0.0280. The summed E-state index contributed by atoms with van der Waals surface area (Å²) in [5.74, 6) is -2.19. The number of nitrogens with zero attached hydrogens (tertiary/aromatic N) is 1. The summed E-state index contributed by atoms with van der Waals surface area (Å²) >= 11 is 0. The Hall–Kier alpha value is -3.91. The number of carbonyl (C=O) groups is 2. The molecule has 0 unspecified atom stereocenters. The van der Waals surface area contributed by atoms with Crippen LogP contribution in [-0.4, -0.2) is 32.0 Å². The fourth-order valence-corrected chi connectivity index (χ4v) is 5.41. The molecular weight excluding hydrogens is 442 g/mol. The summed E-state index contributed by atoms with van der Waals surface area (Å²) in [5.41, 5.74) is 1.13. The van der Waals surface area contributed by atoms with Gasteiger partial charge in [0.05, 0.1) is 17.1 Å². The van der Waals surface area contributed by atoms with Crippen LogP contribution in [0.1, 0.15) is 28.9 Å². The molecule has 0 aromatic heterocycles. The molecule has 168 valence electrons. The summed E-state index contributed by atoms with van der Waals surface area (Å²) in [4.78, 5) is 26.0. The van der Waals surface area contributed by atoms with Gasteiger partial charge in [0.15, 0.2) is 5.76 Å². The van der Waals surface area contributed by atoms with Gasteiger partial charge in [-0.3, -0.25) is 9.69 Å². The molecule has 3 aromatic carbocycles. The van der Waals surface area contributed by atoms with Crippen molar-refractivity contribution >= 4 is 27.4 Å². The molecule has 1 aliphatic rings. The van der Waals surface area contributed by atoms with Gasteiger partial charge in [-0.1, -0.05) is 48.5 Å². The first kappa shape index (κ1) is 22.3. The van der Waals surface area contributed by atoms with Crippen LogP contribution in [0.3, 0.4) is 0 Å². The van der Waals surface area contributed by atoms with Gasteiger partial charge >= 0.3 is 5.97 Å². The molecule has 1 aliphatic heterocycles. The van der Waals surface area contributed by atoms with E-state index in [1.165, 1.54) is 41.3 Å². The van der Waals surface area contributed by atoms with Crippen molar-refractivity contribution in [3.63, 3.8) is 0 Å². The Morgan fingerprint density at radius 2 is 1.52 bits per heavy atom. The number of carbonyl (C=O) groups excluding carboxylic acids is 2. The molecule has 0 spiro atoms. The van der Waals surface area contributed by atoms with E-state index in [1.807, 2.05) is 0 Å². The van der Waals surface area contributed by atoms with Crippen molar-refractivity contribution in [2.24, 2.45) is 0 Å². The first-order valence-electron chi connectivity index (χ1n) is 10.2. The topological polar surface area (TPSA) is 101 Å². The molecule has 0 bridgehead atoms. The van der Waals surface area contributed by atoms with E-state index in [0.717, 1.165) is 0 Å². The van der Waals surface area contributed by atoms with Crippen molar-refractivity contribution < 1.29 is 27.9 Å². The minimum Gasteiger partial charge on any atom is -0.502 e. The predicted molar refractivity (Wildman–Crippen MR) is 122 cm³/mol. The van der Waals surface area contributed by atoms with Crippen molar-refractivity contribution in [2.75, 3.05) is 11.5 Å². The molecule has 0 saturated heterocycles. The monoisotopic (exact) mass is 463 g/mol. The highest BCUT2D eigenvalue weighted by Gasteiger charge is 2.47. The zero-order valence-corrected chi connectivity index (χ0v) is 18.5. The second-order valence-corrected chi connectivity index (χ2v) is 9.20. The van der Waals surface area contributed by atoms with E-state index in [4.69, 9.17) is 4.74 Å². The molecule has 33 heavy (non-hydrogen) atoms. The molecule has 0 saturated carbocycles. The van der Waals surface area contributed by atoms with Gasteiger partial charge in [0.2, 0.25) is 9.84 Å². The molecule has 0 radical (unpaired) electrons. The molecule has 8 heteroatoms. The number of anilines is 1. The zero-order chi connectivity index (χ0) is 23.6. The first-order valence-corrected chi connectivity index (χ1v) is 11.7. The number of sulfone groups is 1. The van der Waals surface area contributed by atoms with Gasteiger partial charge in [-0.05, 0) is 48.9 Å². The maximum absolute atomic E-state index is 13.5. The number of rotatable bonds is 6. The highest BCUT2D eigenvalue weighted by atomic mass is 32.2. The van der Waals surface area contributed by atoms with E-state index < -0.39 is 33.5 Å². The lowest BCUT2D eigenvalue weighted by Gasteiger charge is -2.27. The predicted octanol–water partition coefficient (Wildman–Crippen LogP) is 4.19. The van der Waals surface area contributed by atoms with E-state index in [2.05, 4.69) is 0 Å². The third kappa shape index (κ3) is 4.01. The fraction of sp³-hybridized carbons (Fsp3) is 0.120. The van der Waals surface area contributed by atoms with Gasteiger partial charge in [0.25, 0.3) is 5.91 Å². The highest BCUT2D eigenvalue weighted by molar-refractivity contribution is 7.95. The van der Waals surface area contributed by atoms with Crippen molar-refractivity contribution in [3.05, 3.63) is 107 Å². The van der Waals surface area contributed by atoms with Crippen LogP contribution in [0.5, 0.6) is 0 Å². The van der Waals surface area contributed by atoms with Gasteiger partial charge in [0.1, 0.15) is 10.9 Å². The van der Waals surface area contributed by atoms with Crippen LogP contribution in [-0.2, 0) is 19.4 Å². The van der Waals surface area contributed by atoms with Crippen LogP contribution < -0.4 is 4.90 Å². The van der Waals surface area contributed by atoms with E-state index >= 15 is 0 Å². The molecule has 1 heterocycles. The second kappa shape index (κ2) is 8.91. The third-order valence-electron chi connectivity index (χ3n) is 5.28. The normalized spacial score (nSPS) is 16.2. The number of hydrogen-bond donors (Lipinski definition) is 1. The molecule has 7 nitrogen and oxygen atoms in total. The van der Waals surface area contributed by atoms with E-state index in [9.17, 15) is 23.1 Å². The van der Waals surface area contributed by atoms with Crippen LogP contribution in [0.25, 0.3) is 0 Å². The van der Waals surface area contributed by atoms with Crippen LogP contribution in [0.15, 0.2) is 100 Å². The van der Waals surface area contributed by atoms with Crippen molar-refractivity contribution in [3.8, 4) is 0 Å². The molecule has 3 aromatic rings. The lowest BCUT2D eigenvalue weighted by atomic mass is 10.1. The highest BCUT2D eigenvalue weighted by Crippen LogP contribution is 2.44. The molecule has 0 aliphatic carbocycles. The summed E-state index contributed by atoms with van der Waals surface area (Å²) in [6.07, 6.45) is 0. The standard InChI is InChI=1S/C25H21NO6S/c1-2-32-25(29)18-13-15-19(16-14-18)26-21(17-9-5-3-6-10-17)23(22(27)24(26)28)33(30,31)20-11-7-4-8-12-20/h3-16,21,27H,2H2,1H3/t21-/m1/s1. The largest absolute Gasteiger partial charge is 0.502 e. The second-order valence-electron chi connectivity index (χ2n) is 7.29. The summed E-state index contributed by atoms with van der Waals surface area (Å²) in [7, 11) is -4.19. The summed E-state index contributed by atoms with van der Waals surface area (Å²) in [5, 5.41) is 10.8. The number of aliphatic hydroxyl groups excluding tert-OH is 1. The van der Waals surface area contributed by atoms with Gasteiger partial charge in [0, 0.05) is 5.69 Å². The fourth-order valence-electron chi connectivity index (χ4n) is 3.76.